The van der Waals surface area contributed by atoms with Gasteiger partial charge in [0.1, 0.15) is 24.2 Å². The summed E-state index contributed by atoms with van der Waals surface area (Å²) in [5.74, 6) is -0.748. The van der Waals surface area contributed by atoms with Gasteiger partial charge in [-0.15, -0.1) is 0 Å². The molecule has 1 atom stereocenters. The van der Waals surface area contributed by atoms with Crippen molar-refractivity contribution in [2.24, 2.45) is 0 Å². The minimum Gasteiger partial charge on any atom is -0.332 e. The second-order valence-corrected chi connectivity index (χ2v) is 4.88. The van der Waals surface area contributed by atoms with Crippen molar-refractivity contribution in [3.8, 4) is 6.07 Å². The molecule has 1 fully saturated rings. The molecular weight excluding hydrogens is 287 g/mol. The van der Waals surface area contributed by atoms with Gasteiger partial charge in [0.05, 0.1) is 0 Å². The maximum atomic E-state index is 12.4. The molecular formula is C13H12F3N3O2. The lowest BCUT2D eigenvalue weighted by Crippen LogP contribution is -2.38. The van der Waals surface area contributed by atoms with Crippen LogP contribution in [0.4, 0.5) is 13.2 Å². The first-order valence-electron chi connectivity index (χ1n) is 6.22. The fourth-order valence-electron chi connectivity index (χ4n) is 2.38. The van der Waals surface area contributed by atoms with E-state index in [2.05, 4.69) is 0 Å². The van der Waals surface area contributed by atoms with Gasteiger partial charge >= 0.3 is 6.18 Å². The van der Waals surface area contributed by atoms with Gasteiger partial charge in [0.2, 0.25) is 5.91 Å². The van der Waals surface area contributed by atoms with Crippen molar-refractivity contribution in [1.82, 2.24) is 9.47 Å². The van der Waals surface area contributed by atoms with E-state index in [9.17, 15) is 22.8 Å². The van der Waals surface area contributed by atoms with Gasteiger partial charge in [-0.25, -0.2) is 0 Å². The van der Waals surface area contributed by atoms with Crippen LogP contribution in [0.1, 0.15) is 23.6 Å². The molecule has 1 aromatic rings. The predicted molar refractivity (Wildman–Crippen MR) is 66.4 cm³/mol. The summed E-state index contributed by atoms with van der Waals surface area (Å²) in [5.41, 5.74) is -0.277. The monoisotopic (exact) mass is 299 g/mol. The molecule has 5 nitrogen and oxygen atoms in total. The van der Waals surface area contributed by atoms with Crippen LogP contribution in [0.5, 0.6) is 0 Å². The molecule has 112 valence electrons. The summed E-state index contributed by atoms with van der Waals surface area (Å²) in [5, 5.41) is 8.93. The maximum absolute atomic E-state index is 12.4. The Hall–Kier alpha value is -2.30. The van der Waals surface area contributed by atoms with Gasteiger partial charge in [0, 0.05) is 12.7 Å². The molecule has 1 unspecified atom stereocenters. The lowest BCUT2D eigenvalue weighted by molar-refractivity contribution is -0.158. The van der Waals surface area contributed by atoms with Crippen molar-refractivity contribution in [2.45, 2.75) is 25.6 Å². The third-order valence-electron chi connectivity index (χ3n) is 3.41. The summed E-state index contributed by atoms with van der Waals surface area (Å²) in [6, 6.07) is 2.27. The molecule has 21 heavy (non-hydrogen) atoms. The molecule has 1 amide bonds. The molecule has 0 saturated carbocycles. The molecule has 0 N–H and O–H groups in total. The van der Waals surface area contributed by atoms with Crippen LogP contribution < -0.4 is 5.56 Å². The van der Waals surface area contributed by atoms with Crippen LogP contribution in [0.15, 0.2) is 17.1 Å². The zero-order valence-corrected chi connectivity index (χ0v) is 11.1. The number of aromatic nitrogens is 1. The van der Waals surface area contributed by atoms with Crippen molar-refractivity contribution in [1.29, 1.82) is 5.26 Å². The summed E-state index contributed by atoms with van der Waals surface area (Å²) in [4.78, 5) is 24.8. The van der Waals surface area contributed by atoms with Crippen molar-refractivity contribution < 1.29 is 18.0 Å². The second-order valence-electron chi connectivity index (χ2n) is 4.88. The van der Waals surface area contributed by atoms with E-state index in [0.717, 1.165) is 4.57 Å². The van der Waals surface area contributed by atoms with Crippen LogP contribution in [0, 0.1) is 18.3 Å². The Labute approximate surface area is 118 Å². The highest BCUT2D eigenvalue weighted by atomic mass is 19.4. The van der Waals surface area contributed by atoms with Crippen LogP contribution in [0.2, 0.25) is 0 Å². The highest BCUT2D eigenvalue weighted by molar-refractivity contribution is 5.82. The van der Waals surface area contributed by atoms with E-state index in [-0.39, 0.29) is 18.5 Å². The van der Waals surface area contributed by atoms with E-state index in [1.807, 2.05) is 0 Å². The van der Waals surface area contributed by atoms with E-state index < -0.39 is 30.2 Å². The molecule has 1 aliphatic rings. The number of alkyl halides is 3. The fourth-order valence-corrected chi connectivity index (χ4v) is 2.38. The first-order chi connectivity index (χ1) is 9.74. The minimum atomic E-state index is -4.47. The number of nitriles is 1. The smallest absolute Gasteiger partial charge is 0.332 e. The van der Waals surface area contributed by atoms with E-state index in [1.165, 1.54) is 12.3 Å². The average molecular weight is 299 g/mol. The highest BCUT2D eigenvalue weighted by Gasteiger charge is 2.40. The number of halogens is 3. The number of amides is 1. The Morgan fingerprint density at radius 1 is 1.43 bits per heavy atom. The van der Waals surface area contributed by atoms with Crippen molar-refractivity contribution in [3.63, 3.8) is 0 Å². The SMILES string of the molecule is Cc1ccn(C2CCN(CC(F)(F)F)C2=O)c(=O)c1C#N. The Balaban J connectivity index is 2.32. The zero-order valence-electron chi connectivity index (χ0n) is 11.1. The molecule has 0 spiro atoms. The van der Waals surface area contributed by atoms with Crippen LogP contribution in [-0.2, 0) is 4.79 Å². The third-order valence-corrected chi connectivity index (χ3v) is 3.41. The molecule has 1 saturated heterocycles. The maximum Gasteiger partial charge on any atom is 0.406 e. The van der Waals surface area contributed by atoms with Gasteiger partial charge in [-0.3, -0.25) is 9.59 Å². The Morgan fingerprint density at radius 3 is 2.67 bits per heavy atom. The molecule has 8 heteroatoms. The number of rotatable bonds is 2. The molecule has 2 heterocycles. The van der Waals surface area contributed by atoms with Gasteiger partial charge in [-0.1, -0.05) is 0 Å². The summed E-state index contributed by atoms with van der Waals surface area (Å²) in [7, 11) is 0. The Kier molecular flexibility index (Phi) is 3.77. The van der Waals surface area contributed by atoms with E-state index in [0.29, 0.717) is 10.5 Å². The first kappa shape index (κ1) is 15.1. The number of aryl methyl sites for hydroxylation is 1. The van der Waals surface area contributed by atoms with Crippen LogP contribution >= 0.6 is 0 Å². The average Bonchev–Trinajstić information content (AvgIpc) is 2.70. The van der Waals surface area contributed by atoms with Crippen molar-refractivity contribution in [2.75, 3.05) is 13.1 Å². The highest BCUT2D eigenvalue weighted by Crippen LogP contribution is 2.26. The number of pyridine rings is 1. The molecule has 1 aliphatic heterocycles. The topological polar surface area (TPSA) is 66.1 Å². The summed E-state index contributed by atoms with van der Waals surface area (Å²) >= 11 is 0. The first-order valence-corrected chi connectivity index (χ1v) is 6.22. The molecule has 0 radical (unpaired) electrons. The molecule has 0 aliphatic carbocycles. The quantitative estimate of drug-likeness (QED) is 0.828. The summed E-state index contributed by atoms with van der Waals surface area (Å²) in [6.45, 7) is 0.190. The van der Waals surface area contributed by atoms with E-state index >= 15 is 0 Å². The van der Waals surface area contributed by atoms with E-state index in [1.54, 1.807) is 13.0 Å². The Morgan fingerprint density at radius 2 is 2.10 bits per heavy atom. The van der Waals surface area contributed by atoms with Crippen molar-refractivity contribution in [3.05, 3.63) is 33.7 Å². The number of carbonyl (C=O) groups excluding carboxylic acids is 1. The van der Waals surface area contributed by atoms with Gasteiger partial charge in [-0.05, 0) is 25.0 Å². The van der Waals surface area contributed by atoms with Crippen LogP contribution in [0.25, 0.3) is 0 Å². The van der Waals surface area contributed by atoms with E-state index in [4.69, 9.17) is 5.26 Å². The fraction of sp³-hybridized carbons (Fsp3) is 0.462. The third kappa shape index (κ3) is 2.91. The standard InChI is InChI=1S/C13H12F3N3O2/c1-8-2-5-19(11(20)9(8)6-17)10-3-4-18(12(10)21)7-13(14,15)16/h2,5,10H,3-4,7H2,1H3. The van der Waals surface area contributed by atoms with Gasteiger partial charge in [-0.2, -0.15) is 18.4 Å². The lowest BCUT2D eigenvalue weighted by atomic mass is 10.1. The van der Waals surface area contributed by atoms with Gasteiger partial charge in [0.25, 0.3) is 5.56 Å². The minimum absolute atomic E-state index is 0.0643. The number of carbonyl (C=O) groups is 1. The van der Waals surface area contributed by atoms with Crippen LogP contribution in [-0.4, -0.2) is 34.6 Å². The summed E-state index contributed by atoms with van der Waals surface area (Å²) in [6.07, 6.45) is -3.01. The predicted octanol–water partition coefficient (Wildman–Crippen LogP) is 1.36. The molecule has 1 aromatic heterocycles. The van der Waals surface area contributed by atoms with Gasteiger partial charge in [0.15, 0.2) is 0 Å². The number of nitrogens with zero attached hydrogens (tertiary/aromatic N) is 3. The number of likely N-dealkylation sites (tertiary alicyclic amines) is 1. The van der Waals surface area contributed by atoms with Crippen LogP contribution in [0.3, 0.4) is 0 Å². The zero-order chi connectivity index (χ0) is 15.8. The second kappa shape index (κ2) is 5.24. The molecule has 0 bridgehead atoms. The Bertz CT molecular complexity index is 673. The number of hydrogen-bond acceptors (Lipinski definition) is 3. The normalized spacial score (nSPS) is 18.9. The van der Waals surface area contributed by atoms with Gasteiger partial charge < -0.3 is 9.47 Å². The lowest BCUT2D eigenvalue weighted by Gasteiger charge is -2.19. The molecule has 0 aromatic carbocycles. The van der Waals surface area contributed by atoms with Crippen molar-refractivity contribution >= 4 is 5.91 Å². The summed E-state index contributed by atoms with van der Waals surface area (Å²) < 4.78 is 38.1. The number of hydrogen-bond donors (Lipinski definition) is 0. The molecule has 2 rings (SSSR count). The largest absolute Gasteiger partial charge is 0.406 e.